The van der Waals surface area contributed by atoms with Gasteiger partial charge in [-0.25, -0.2) is 4.21 Å². The first-order valence-corrected chi connectivity index (χ1v) is 6.58. The van der Waals surface area contributed by atoms with Gasteiger partial charge in [0, 0.05) is 0 Å². The summed E-state index contributed by atoms with van der Waals surface area (Å²) in [5.74, 6) is 0. The third-order valence-corrected chi connectivity index (χ3v) is 3.40. The van der Waals surface area contributed by atoms with Crippen molar-refractivity contribution in [3.63, 3.8) is 0 Å². The van der Waals surface area contributed by atoms with E-state index in [1.54, 1.807) is 12.1 Å². The van der Waals surface area contributed by atoms with Gasteiger partial charge in [-0.1, -0.05) is 48.5 Å². The van der Waals surface area contributed by atoms with Gasteiger partial charge in [0.25, 0.3) is 0 Å². The minimum Gasteiger partial charge on any atom is -0.286 e. The molecule has 0 saturated heterocycles. The molecule has 0 radical (unpaired) electrons. The third kappa shape index (κ3) is 3.80. The van der Waals surface area contributed by atoms with Crippen molar-refractivity contribution < 1.29 is 8.39 Å². The largest absolute Gasteiger partial charge is 0.286 e. The molecule has 3 heteroatoms. The van der Waals surface area contributed by atoms with Gasteiger partial charge >= 0.3 is 0 Å². The fraction of sp³-hybridized carbons (Fsp3) is 0.143. The zero-order valence-corrected chi connectivity index (χ0v) is 10.2. The van der Waals surface area contributed by atoms with Crippen molar-refractivity contribution in [3.05, 3.63) is 66.2 Å². The van der Waals surface area contributed by atoms with Gasteiger partial charge in [-0.05, 0) is 24.1 Å². The Hall–Kier alpha value is -1.45. The summed E-state index contributed by atoms with van der Waals surface area (Å²) >= 11 is -1.36. The minimum atomic E-state index is -1.36. The first-order valence-electron chi connectivity index (χ1n) is 5.50. The quantitative estimate of drug-likeness (QED) is 0.810. The van der Waals surface area contributed by atoms with Crippen molar-refractivity contribution >= 4 is 11.1 Å². The normalized spacial score (nSPS) is 12.2. The number of hydrogen-bond acceptors (Lipinski definition) is 2. The van der Waals surface area contributed by atoms with Crippen LogP contribution in [0, 0.1) is 0 Å². The Balaban J connectivity index is 1.82. The zero-order chi connectivity index (χ0) is 11.9. The van der Waals surface area contributed by atoms with Gasteiger partial charge in [0.2, 0.25) is 0 Å². The maximum Gasteiger partial charge on any atom is 0.189 e. The average molecular weight is 246 g/mol. The molecule has 0 N–H and O–H groups in total. The van der Waals surface area contributed by atoms with Gasteiger partial charge in [-0.3, -0.25) is 4.18 Å². The van der Waals surface area contributed by atoms with Gasteiger partial charge in [-0.15, -0.1) is 0 Å². The Labute approximate surface area is 104 Å². The van der Waals surface area contributed by atoms with E-state index in [0.29, 0.717) is 11.5 Å². The van der Waals surface area contributed by atoms with E-state index in [4.69, 9.17) is 4.18 Å². The number of hydrogen-bond donors (Lipinski definition) is 0. The molecule has 0 heterocycles. The van der Waals surface area contributed by atoms with Crippen molar-refractivity contribution in [2.75, 3.05) is 6.61 Å². The monoisotopic (exact) mass is 246 g/mol. The van der Waals surface area contributed by atoms with Crippen LogP contribution in [0.3, 0.4) is 0 Å². The molecule has 0 saturated carbocycles. The summed E-state index contributed by atoms with van der Waals surface area (Å²) < 4.78 is 17.0. The molecule has 0 aromatic heterocycles. The van der Waals surface area contributed by atoms with E-state index < -0.39 is 11.1 Å². The molecule has 0 bridgehead atoms. The highest BCUT2D eigenvalue weighted by Crippen LogP contribution is 2.07. The third-order valence-electron chi connectivity index (χ3n) is 2.36. The molecule has 0 spiro atoms. The second kappa shape index (κ2) is 6.33. The van der Waals surface area contributed by atoms with Crippen molar-refractivity contribution in [3.8, 4) is 0 Å². The van der Waals surface area contributed by atoms with Gasteiger partial charge in [0.05, 0.1) is 11.5 Å². The molecule has 17 heavy (non-hydrogen) atoms. The van der Waals surface area contributed by atoms with Crippen molar-refractivity contribution in [1.29, 1.82) is 0 Å². The Bertz CT molecular complexity index is 468. The van der Waals surface area contributed by atoms with E-state index in [9.17, 15) is 4.21 Å². The molecule has 2 nitrogen and oxygen atoms in total. The maximum atomic E-state index is 11.7. The summed E-state index contributed by atoms with van der Waals surface area (Å²) in [4.78, 5) is 0.709. The first kappa shape index (κ1) is 12.0. The molecule has 88 valence electrons. The lowest BCUT2D eigenvalue weighted by Crippen LogP contribution is -2.02. The molecule has 2 aromatic rings. The highest BCUT2D eigenvalue weighted by atomic mass is 32.2. The van der Waals surface area contributed by atoms with E-state index in [1.165, 1.54) is 5.56 Å². The topological polar surface area (TPSA) is 26.3 Å². The summed E-state index contributed by atoms with van der Waals surface area (Å²) in [5, 5.41) is 0. The number of benzene rings is 2. The molecule has 2 aromatic carbocycles. The van der Waals surface area contributed by atoms with Crippen LogP contribution < -0.4 is 0 Å². The highest BCUT2D eigenvalue weighted by molar-refractivity contribution is 7.80. The molecule has 0 amide bonds. The van der Waals surface area contributed by atoms with Crippen LogP contribution in [0.5, 0.6) is 0 Å². The fourth-order valence-electron chi connectivity index (χ4n) is 1.48. The van der Waals surface area contributed by atoms with Crippen LogP contribution in [0.1, 0.15) is 5.56 Å². The van der Waals surface area contributed by atoms with Crippen LogP contribution in [-0.2, 0) is 21.7 Å². The minimum absolute atomic E-state index is 0.464. The van der Waals surface area contributed by atoms with Crippen LogP contribution in [0.4, 0.5) is 0 Å². The van der Waals surface area contributed by atoms with E-state index in [0.717, 1.165) is 6.42 Å². The predicted molar refractivity (Wildman–Crippen MR) is 68.9 cm³/mol. The lowest BCUT2D eigenvalue weighted by atomic mass is 10.2. The maximum absolute atomic E-state index is 11.7. The second-order valence-corrected chi connectivity index (χ2v) is 4.78. The summed E-state index contributed by atoms with van der Waals surface area (Å²) in [7, 11) is 0. The van der Waals surface area contributed by atoms with Gasteiger partial charge in [0.15, 0.2) is 11.1 Å². The fourth-order valence-corrected chi connectivity index (χ4v) is 2.23. The van der Waals surface area contributed by atoms with Crippen molar-refractivity contribution in [2.45, 2.75) is 11.3 Å². The standard InChI is InChI=1S/C14H14O2S/c15-17(14-9-5-2-6-10-14)16-12-11-13-7-3-1-4-8-13/h1-10H,11-12H2. The van der Waals surface area contributed by atoms with Crippen LogP contribution in [0.15, 0.2) is 65.6 Å². The lowest BCUT2D eigenvalue weighted by molar-refractivity contribution is 0.352. The molecule has 2 rings (SSSR count). The van der Waals surface area contributed by atoms with E-state index >= 15 is 0 Å². The average Bonchev–Trinajstić information content (AvgIpc) is 2.41. The van der Waals surface area contributed by atoms with E-state index in [-0.39, 0.29) is 0 Å². The van der Waals surface area contributed by atoms with Crippen LogP contribution in [0.2, 0.25) is 0 Å². The summed E-state index contributed by atoms with van der Waals surface area (Å²) in [6, 6.07) is 19.2. The van der Waals surface area contributed by atoms with Gasteiger partial charge in [-0.2, -0.15) is 0 Å². The van der Waals surface area contributed by atoms with E-state index in [1.807, 2.05) is 48.5 Å². The molecule has 0 aliphatic rings. The molecule has 0 aliphatic heterocycles. The summed E-state index contributed by atoms with van der Waals surface area (Å²) in [6.45, 7) is 0.464. The van der Waals surface area contributed by atoms with Crippen LogP contribution >= 0.6 is 0 Å². The Morgan fingerprint density at radius 1 is 0.882 bits per heavy atom. The molecular weight excluding hydrogens is 232 g/mol. The van der Waals surface area contributed by atoms with Crippen LogP contribution in [-0.4, -0.2) is 10.8 Å². The Morgan fingerprint density at radius 3 is 2.12 bits per heavy atom. The second-order valence-electron chi connectivity index (χ2n) is 3.61. The molecule has 1 atom stereocenters. The highest BCUT2D eigenvalue weighted by Gasteiger charge is 2.03. The lowest BCUT2D eigenvalue weighted by Gasteiger charge is -2.03. The van der Waals surface area contributed by atoms with Crippen LogP contribution in [0.25, 0.3) is 0 Å². The smallest absolute Gasteiger partial charge is 0.189 e. The van der Waals surface area contributed by atoms with Crippen molar-refractivity contribution in [2.24, 2.45) is 0 Å². The molecule has 0 fully saturated rings. The number of rotatable bonds is 5. The first-order chi connectivity index (χ1) is 8.36. The SMILES string of the molecule is O=S(OCCc1ccccc1)c1ccccc1. The predicted octanol–water partition coefficient (Wildman–Crippen LogP) is 2.97. The van der Waals surface area contributed by atoms with E-state index in [2.05, 4.69) is 0 Å². The zero-order valence-electron chi connectivity index (χ0n) is 9.41. The summed E-state index contributed by atoms with van der Waals surface area (Å²) in [5.41, 5.74) is 1.19. The molecule has 0 aliphatic carbocycles. The molecular formula is C14H14O2S. The molecule has 1 unspecified atom stereocenters. The Morgan fingerprint density at radius 2 is 1.47 bits per heavy atom. The van der Waals surface area contributed by atoms with Gasteiger partial charge in [0.1, 0.15) is 0 Å². The Kier molecular flexibility index (Phi) is 4.47. The summed E-state index contributed by atoms with van der Waals surface area (Å²) in [6.07, 6.45) is 0.777. The van der Waals surface area contributed by atoms with Crippen molar-refractivity contribution in [1.82, 2.24) is 0 Å². The van der Waals surface area contributed by atoms with Gasteiger partial charge < -0.3 is 0 Å².